The first-order valence-corrected chi connectivity index (χ1v) is 5.60. The molecule has 1 heterocycles. The standard InChI is InChI=1S/C12H19N3/c13-8-10-1-2-11(14)7-12(10)9-3-5-15-6-4-9/h1-2,7,9,15H,3-6,8,13-14H2. The van der Waals surface area contributed by atoms with Gasteiger partial charge in [0, 0.05) is 12.2 Å². The fraction of sp³-hybridized carbons (Fsp3) is 0.500. The molecule has 1 aliphatic rings. The number of rotatable bonds is 2. The molecule has 0 spiro atoms. The smallest absolute Gasteiger partial charge is 0.0317 e. The first kappa shape index (κ1) is 10.5. The molecule has 3 heteroatoms. The molecule has 0 aliphatic carbocycles. The van der Waals surface area contributed by atoms with Gasteiger partial charge in [-0.2, -0.15) is 0 Å². The molecular weight excluding hydrogens is 186 g/mol. The molecule has 15 heavy (non-hydrogen) atoms. The van der Waals surface area contributed by atoms with Gasteiger partial charge in [0.05, 0.1) is 0 Å². The molecule has 1 aromatic carbocycles. The maximum atomic E-state index is 5.83. The quantitative estimate of drug-likeness (QED) is 0.636. The van der Waals surface area contributed by atoms with Gasteiger partial charge < -0.3 is 16.8 Å². The molecule has 0 bridgehead atoms. The molecule has 1 aliphatic heterocycles. The van der Waals surface area contributed by atoms with E-state index in [1.807, 2.05) is 6.07 Å². The fourth-order valence-electron chi connectivity index (χ4n) is 2.31. The summed E-state index contributed by atoms with van der Waals surface area (Å²) in [5.74, 6) is 0.633. The van der Waals surface area contributed by atoms with Crippen molar-refractivity contribution in [3.63, 3.8) is 0 Å². The number of hydrogen-bond acceptors (Lipinski definition) is 3. The average molecular weight is 205 g/mol. The van der Waals surface area contributed by atoms with Gasteiger partial charge in [0.1, 0.15) is 0 Å². The summed E-state index contributed by atoms with van der Waals surface area (Å²) >= 11 is 0. The fourth-order valence-corrected chi connectivity index (χ4v) is 2.31. The van der Waals surface area contributed by atoms with Crippen molar-refractivity contribution < 1.29 is 0 Å². The minimum absolute atomic E-state index is 0.611. The molecule has 1 saturated heterocycles. The Morgan fingerprint density at radius 1 is 1.27 bits per heavy atom. The highest BCUT2D eigenvalue weighted by Gasteiger charge is 2.17. The molecule has 82 valence electrons. The number of nitrogens with one attached hydrogen (secondary N) is 1. The van der Waals surface area contributed by atoms with Crippen LogP contribution in [0, 0.1) is 0 Å². The van der Waals surface area contributed by atoms with Crippen LogP contribution in [0.1, 0.15) is 29.9 Å². The number of anilines is 1. The Kier molecular flexibility index (Phi) is 3.23. The van der Waals surface area contributed by atoms with Crippen LogP contribution in [0.15, 0.2) is 18.2 Å². The van der Waals surface area contributed by atoms with Gasteiger partial charge >= 0.3 is 0 Å². The van der Waals surface area contributed by atoms with Crippen molar-refractivity contribution in [1.82, 2.24) is 5.32 Å². The molecule has 0 aromatic heterocycles. The Hall–Kier alpha value is -1.06. The summed E-state index contributed by atoms with van der Waals surface area (Å²) in [6.07, 6.45) is 2.38. The van der Waals surface area contributed by atoms with E-state index < -0.39 is 0 Å². The molecule has 2 rings (SSSR count). The van der Waals surface area contributed by atoms with E-state index in [1.54, 1.807) is 0 Å². The zero-order valence-corrected chi connectivity index (χ0v) is 9.00. The van der Waals surface area contributed by atoms with Gasteiger partial charge in [-0.3, -0.25) is 0 Å². The molecule has 0 unspecified atom stereocenters. The van der Waals surface area contributed by atoms with Gasteiger partial charge in [-0.05, 0) is 55.1 Å². The third-order valence-corrected chi connectivity index (χ3v) is 3.17. The number of hydrogen-bond donors (Lipinski definition) is 3. The second kappa shape index (κ2) is 4.64. The van der Waals surface area contributed by atoms with E-state index in [2.05, 4.69) is 17.4 Å². The third-order valence-electron chi connectivity index (χ3n) is 3.17. The van der Waals surface area contributed by atoms with Gasteiger partial charge in [0.15, 0.2) is 0 Å². The summed E-state index contributed by atoms with van der Waals surface area (Å²) in [5.41, 5.74) is 15.0. The highest BCUT2D eigenvalue weighted by molar-refractivity contribution is 5.46. The van der Waals surface area contributed by atoms with Crippen LogP contribution in [0.4, 0.5) is 5.69 Å². The number of piperidine rings is 1. The summed E-state index contributed by atoms with van der Waals surface area (Å²) in [6, 6.07) is 6.09. The minimum Gasteiger partial charge on any atom is -0.399 e. The monoisotopic (exact) mass is 205 g/mol. The first-order valence-electron chi connectivity index (χ1n) is 5.60. The maximum Gasteiger partial charge on any atom is 0.0317 e. The Balaban J connectivity index is 2.27. The number of nitrogens with two attached hydrogens (primary N) is 2. The molecule has 0 radical (unpaired) electrons. The van der Waals surface area contributed by atoms with Crippen LogP contribution in [0.2, 0.25) is 0 Å². The van der Waals surface area contributed by atoms with Crippen molar-refractivity contribution in [1.29, 1.82) is 0 Å². The van der Waals surface area contributed by atoms with Crippen molar-refractivity contribution in [2.75, 3.05) is 18.8 Å². The summed E-state index contributed by atoms with van der Waals surface area (Å²) in [7, 11) is 0. The second-order valence-corrected chi connectivity index (χ2v) is 4.19. The minimum atomic E-state index is 0.611. The van der Waals surface area contributed by atoms with E-state index in [0.29, 0.717) is 12.5 Å². The van der Waals surface area contributed by atoms with Crippen molar-refractivity contribution in [2.45, 2.75) is 25.3 Å². The Morgan fingerprint density at radius 2 is 2.00 bits per heavy atom. The van der Waals surface area contributed by atoms with Crippen molar-refractivity contribution >= 4 is 5.69 Å². The topological polar surface area (TPSA) is 64.1 Å². The van der Waals surface area contributed by atoms with E-state index >= 15 is 0 Å². The predicted octanol–water partition coefficient (Wildman–Crippen LogP) is 1.19. The van der Waals surface area contributed by atoms with Crippen LogP contribution < -0.4 is 16.8 Å². The van der Waals surface area contributed by atoms with Gasteiger partial charge in [-0.15, -0.1) is 0 Å². The summed E-state index contributed by atoms with van der Waals surface area (Å²) in [4.78, 5) is 0. The van der Waals surface area contributed by atoms with Crippen LogP contribution in [0.5, 0.6) is 0 Å². The summed E-state index contributed by atoms with van der Waals surface area (Å²) in [5, 5.41) is 3.37. The zero-order chi connectivity index (χ0) is 10.7. The highest BCUT2D eigenvalue weighted by atomic mass is 14.9. The SMILES string of the molecule is NCc1ccc(N)cc1C1CCNCC1. The largest absolute Gasteiger partial charge is 0.399 e. The lowest BCUT2D eigenvalue weighted by Gasteiger charge is -2.25. The van der Waals surface area contributed by atoms with E-state index in [4.69, 9.17) is 11.5 Å². The predicted molar refractivity (Wildman–Crippen MR) is 63.6 cm³/mol. The third kappa shape index (κ3) is 2.30. The van der Waals surface area contributed by atoms with Crippen LogP contribution >= 0.6 is 0 Å². The van der Waals surface area contributed by atoms with Crippen molar-refractivity contribution in [3.05, 3.63) is 29.3 Å². The lowest BCUT2D eigenvalue weighted by atomic mass is 9.87. The molecule has 0 atom stereocenters. The summed E-state index contributed by atoms with van der Waals surface area (Å²) in [6.45, 7) is 2.81. The van der Waals surface area contributed by atoms with E-state index in [-0.39, 0.29) is 0 Å². The zero-order valence-electron chi connectivity index (χ0n) is 9.00. The van der Waals surface area contributed by atoms with Gasteiger partial charge in [-0.1, -0.05) is 6.07 Å². The van der Waals surface area contributed by atoms with Gasteiger partial charge in [0.25, 0.3) is 0 Å². The molecule has 0 amide bonds. The van der Waals surface area contributed by atoms with Gasteiger partial charge in [-0.25, -0.2) is 0 Å². The lowest BCUT2D eigenvalue weighted by molar-refractivity contribution is 0.458. The highest BCUT2D eigenvalue weighted by Crippen LogP contribution is 2.29. The van der Waals surface area contributed by atoms with Crippen molar-refractivity contribution in [2.24, 2.45) is 5.73 Å². The van der Waals surface area contributed by atoms with Gasteiger partial charge in [0.2, 0.25) is 0 Å². The summed E-state index contributed by atoms with van der Waals surface area (Å²) < 4.78 is 0. The molecule has 5 N–H and O–H groups in total. The molecular formula is C12H19N3. The Morgan fingerprint density at radius 3 is 2.67 bits per heavy atom. The molecule has 1 fully saturated rings. The second-order valence-electron chi connectivity index (χ2n) is 4.19. The van der Waals surface area contributed by atoms with Crippen LogP contribution in [0.3, 0.4) is 0 Å². The van der Waals surface area contributed by atoms with Crippen LogP contribution in [-0.2, 0) is 6.54 Å². The van der Waals surface area contributed by atoms with Crippen molar-refractivity contribution in [3.8, 4) is 0 Å². The Bertz CT molecular complexity index is 330. The number of benzene rings is 1. The van der Waals surface area contributed by atoms with E-state index in [9.17, 15) is 0 Å². The van der Waals surface area contributed by atoms with Crippen LogP contribution in [-0.4, -0.2) is 13.1 Å². The average Bonchev–Trinajstić information content (AvgIpc) is 2.30. The van der Waals surface area contributed by atoms with E-state index in [0.717, 1.165) is 18.8 Å². The Labute approximate surface area is 90.8 Å². The van der Waals surface area contributed by atoms with E-state index in [1.165, 1.54) is 24.0 Å². The lowest BCUT2D eigenvalue weighted by Crippen LogP contribution is -2.27. The molecule has 0 saturated carbocycles. The molecule has 1 aromatic rings. The normalized spacial score (nSPS) is 17.9. The molecule has 3 nitrogen and oxygen atoms in total. The maximum absolute atomic E-state index is 5.83. The number of nitrogen functional groups attached to an aromatic ring is 1. The van der Waals surface area contributed by atoms with Crippen LogP contribution in [0.25, 0.3) is 0 Å². The first-order chi connectivity index (χ1) is 7.31.